The van der Waals surface area contributed by atoms with E-state index in [2.05, 4.69) is 27.0 Å². The largest absolute Gasteiger partial charge is 0.306 e. The van der Waals surface area contributed by atoms with Gasteiger partial charge in [-0.15, -0.1) is 6.58 Å². The van der Waals surface area contributed by atoms with Gasteiger partial charge >= 0.3 is 0 Å². The molecule has 0 fully saturated rings. The number of aromatic nitrogens is 4. The number of anilines is 1. The molecule has 3 rings (SSSR count). The van der Waals surface area contributed by atoms with Crippen LogP contribution in [0, 0.1) is 19.7 Å². The number of aromatic amines is 1. The second kappa shape index (κ2) is 7.77. The van der Waals surface area contributed by atoms with E-state index in [1.54, 1.807) is 26.0 Å². The van der Waals surface area contributed by atoms with Crippen LogP contribution in [0.5, 0.6) is 0 Å². The van der Waals surface area contributed by atoms with Gasteiger partial charge in [0.2, 0.25) is 5.95 Å². The number of hydrogen-bond acceptors (Lipinski definition) is 4. The summed E-state index contributed by atoms with van der Waals surface area (Å²) in [4.78, 5) is 31.9. The molecule has 0 bridgehead atoms. The highest BCUT2D eigenvalue weighted by Crippen LogP contribution is 2.19. The Bertz CT molecular complexity index is 1140. The number of aryl methyl sites for hydroxylation is 2. The molecule has 2 N–H and O–H groups in total. The van der Waals surface area contributed by atoms with Crippen LogP contribution >= 0.6 is 11.6 Å². The van der Waals surface area contributed by atoms with Crippen molar-refractivity contribution in [2.75, 3.05) is 5.32 Å². The molecule has 0 radical (unpaired) electrons. The molecule has 0 aliphatic rings. The van der Waals surface area contributed by atoms with Gasteiger partial charge in [0.25, 0.3) is 11.5 Å². The van der Waals surface area contributed by atoms with Gasteiger partial charge in [0.1, 0.15) is 11.6 Å². The molecule has 0 aliphatic carbocycles. The van der Waals surface area contributed by atoms with Crippen molar-refractivity contribution in [1.82, 2.24) is 19.7 Å². The minimum Gasteiger partial charge on any atom is -0.306 e. The zero-order valence-electron chi connectivity index (χ0n) is 15.2. The normalized spacial score (nSPS) is 10.7. The van der Waals surface area contributed by atoms with Crippen molar-refractivity contribution in [2.45, 2.75) is 20.3 Å². The average molecular weight is 402 g/mol. The van der Waals surface area contributed by atoms with E-state index in [0.29, 0.717) is 29.2 Å². The molecule has 0 spiro atoms. The quantitative estimate of drug-likeness (QED) is 0.641. The van der Waals surface area contributed by atoms with Gasteiger partial charge in [-0.05, 0) is 38.5 Å². The third-order valence-electron chi connectivity index (χ3n) is 4.01. The third kappa shape index (κ3) is 3.86. The lowest BCUT2D eigenvalue weighted by molar-refractivity contribution is 0.102. The highest BCUT2D eigenvalue weighted by molar-refractivity contribution is 6.31. The first-order valence-corrected chi connectivity index (χ1v) is 8.72. The summed E-state index contributed by atoms with van der Waals surface area (Å²) in [5, 5.41) is 6.80. The third-order valence-corrected chi connectivity index (χ3v) is 4.30. The number of halogens is 2. The Morgan fingerprint density at radius 3 is 2.79 bits per heavy atom. The Labute approximate surface area is 164 Å². The van der Waals surface area contributed by atoms with Gasteiger partial charge in [-0.25, -0.2) is 9.37 Å². The predicted octanol–water partition coefficient (Wildman–Crippen LogP) is 3.35. The number of amides is 1. The monoisotopic (exact) mass is 401 g/mol. The van der Waals surface area contributed by atoms with Crippen LogP contribution in [0.4, 0.5) is 10.2 Å². The number of allylic oxidation sites excluding steroid dienone is 1. The Morgan fingerprint density at radius 1 is 1.39 bits per heavy atom. The summed E-state index contributed by atoms with van der Waals surface area (Å²) in [5.74, 6) is -0.667. The average Bonchev–Trinajstić information content (AvgIpc) is 3.00. The minimum atomic E-state index is -0.615. The Morgan fingerprint density at radius 2 is 2.14 bits per heavy atom. The number of nitrogens with zero attached hydrogens (tertiary/aromatic N) is 3. The zero-order valence-corrected chi connectivity index (χ0v) is 16.0. The molecule has 0 atom stereocenters. The van der Waals surface area contributed by atoms with Crippen molar-refractivity contribution in [1.29, 1.82) is 0 Å². The highest BCUT2D eigenvalue weighted by Gasteiger charge is 2.16. The predicted molar refractivity (Wildman–Crippen MR) is 105 cm³/mol. The molecule has 2 aromatic heterocycles. The van der Waals surface area contributed by atoms with Crippen molar-refractivity contribution in [2.24, 2.45) is 0 Å². The van der Waals surface area contributed by atoms with Crippen LogP contribution in [0.2, 0.25) is 5.02 Å². The molecule has 0 unspecified atom stereocenters. The van der Waals surface area contributed by atoms with Gasteiger partial charge in [-0.1, -0.05) is 17.7 Å². The fourth-order valence-corrected chi connectivity index (χ4v) is 2.84. The molecular weight excluding hydrogens is 385 g/mol. The van der Waals surface area contributed by atoms with Gasteiger partial charge < -0.3 is 5.32 Å². The lowest BCUT2D eigenvalue weighted by Crippen LogP contribution is -2.22. The maximum absolute atomic E-state index is 13.3. The molecule has 0 saturated heterocycles. The van der Waals surface area contributed by atoms with E-state index >= 15 is 0 Å². The minimum absolute atomic E-state index is 0.156. The smallest absolute Gasteiger partial charge is 0.256 e. The summed E-state index contributed by atoms with van der Waals surface area (Å²) in [7, 11) is 0. The first-order chi connectivity index (χ1) is 13.3. The molecule has 1 aromatic carbocycles. The molecule has 0 aliphatic heterocycles. The van der Waals surface area contributed by atoms with Gasteiger partial charge in [0, 0.05) is 17.2 Å². The summed E-state index contributed by atoms with van der Waals surface area (Å²) in [5.41, 5.74) is 1.51. The number of nitrogens with one attached hydrogen (secondary N) is 2. The van der Waals surface area contributed by atoms with Crippen molar-refractivity contribution in [3.8, 4) is 5.95 Å². The van der Waals surface area contributed by atoms with Crippen LogP contribution < -0.4 is 10.9 Å². The van der Waals surface area contributed by atoms with E-state index in [4.69, 9.17) is 11.6 Å². The van der Waals surface area contributed by atoms with Crippen LogP contribution in [-0.2, 0) is 6.42 Å². The van der Waals surface area contributed by atoms with E-state index in [-0.39, 0.29) is 22.1 Å². The maximum atomic E-state index is 13.3. The topological polar surface area (TPSA) is 92.7 Å². The molecule has 144 valence electrons. The number of carbonyl (C=O) groups excluding carboxylic acids is 1. The number of H-pyrrole nitrogens is 1. The van der Waals surface area contributed by atoms with Crippen LogP contribution in [-0.4, -0.2) is 25.7 Å². The highest BCUT2D eigenvalue weighted by atomic mass is 35.5. The zero-order chi connectivity index (χ0) is 20.4. The lowest BCUT2D eigenvalue weighted by Gasteiger charge is -2.10. The Balaban J connectivity index is 1.98. The van der Waals surface area contributed by atoms with Crippen LogP contribution in [0.25, 0.3) is 5.95 Å². The maximum Gasteiger partial charge on any atom is 0.256 e. The van der Waals surface area contributed by atoms with Crippen molar-refractivity contribution in [3.05, 3.63) is 80.6 Å². The lowest BCUT2D eigenvalue weighted by atomic mass is 10.2. The fraction of sp³-hybridized carbons (Fsp3) is 0.158. The van der Waals surface area contributed by atoms with Gasteiger partial charge in [-0.3, -0.25) is 14.6 Å². The van der Waals surface area contributed by atoms with Crippen LogP contribution in [0.1, 0.15) is 27.3 Å². The van der Waals surface area contributed by atoms with Crippen molar-refractivity contribution < 1.29 is 9.18 Å². The standard InChI is InChI=1S/C19H17ClFN5O2/c1-4-5-13-11(3)22-19(24-18(13)28)26-16(8-10(2)25-26)23-17(27)12-6-7-15(21)14(20)9-12/h4,6-9H,1,5H2,2-3H3,(H,23,27)(H,22,24,28). The Kier molecular flexibility index (Phi) is 5.41. The molecule has 3 aromatic rings. The van der Waals surface area contributed by atoms with E-state index in [9.17, 15) is 14.0 Å². The summed E-state index contributed by atoms with van der Waals surface area (Å²) in [6.07, 6.45) is 2.01. The summed E-state index contributed by atoms with van der Waals surface area (Å²) < 4.78 is 14.6. The SMILES string of the molecule is C=CCc1c(C)nc(-n2nc(C)cc2NC(=O)c2ccc(F)c(Cl)c2)[nH]c1=O. The van der Waals surface area contributed by atoms with Crippen molar-refractivity contribution >= 4 is 23.3 Å². The second-order valence-corrected chi connectivity index (χ2v) is 6.52. The summed E-state index contributed by atoms with van der Waals surface area (Å²) in [6.45, 7) is 7.08. The summed E-state index contributed by atoms with van der Waals surface area (Å²) >= 11 is 5.74. The number of carbonyl (C=O) groups is 1. The van der Waals surface area contributed by atoms with Crippen LogP contribution in [0.3, 0.4) is 0 Å². The first-order valence-electron chi connectivity index (χ1n) is 8.34. The molecule has 7 nitrogen and oxygen atoms in total. The van der Waals surface area contributed by atoms with E-state index < -0.39 is 11.7 Å². The van der Waals surface area contributed by atoms with E-state index in [1.807, 2.05) is 0 Å². The molecule has 28 heavy (non-hydrogen) atoms. The van der Waals surface area contributed by atoms with E-state index in [1.165, 1.54) is 16.8 Å². The molecule has 1 amide bonds. The van der Waals surface area contributed by atoms with E-state index in [0.717, 1.165) is 6.07 Å². The van der Waals surface area contributed by atoms with Crippen LogP contribution in [0.15, 0.2) is 41.7 Å². The Hall–Kier alpha value is -3.26. The number of rotatable bonds is 5. The van der Waals surface area contributed by atoms with Crippen molar-refractivity contribution in [3.63, 3.8) is 0 Å². The molecule has 2 heterocycles. The second-order valence-electron chi connectivity index (χ2n) is 6.11. The fourth-order valence-electron chi connectivity index (χ4n) is 2.66. The van der Waals surface area contributed by atoms with Gasteiger partial charge in [0.15, 0.2) is 0 Å². The number of hydrogen-bond donors (Lipinski definition) is 2. The molecule has 0 saturated carbocycles. The van der Waals surface area contributed by atoms with Gasteiger partial charge in [-0.2, -0.15) is 9.78 Å². The number of benzene rings is 1. The molecule has 9 heteroatoms. The first kappa shape index (κ1) is 19.5. The molecular formula is C19H17ClFN5O2. The summed E-state index contributed by atoms with van der Waals surface area (Å²) in [6, 6.07) is 5.28. The van der Waals surface area contributed by atoms with Gasteiger partial charge in [0.05, 0.1) is 16.4 Å².